The van der Waals surface area contributed by atoms with Crippen molar-refractivity contribution >= 4 is 43.4 Å². The van der Waals surface area contributed by atoms with E-state index in [9.17, 15) is 4.79 Å². The number of aromatic nitrogens is 1. The largest absolute Gasteiger partial charge is 0.496 e. The van der Waals surface area contributed by atoms with Gasteiger partial charge in [-0.25, -0.2) is 4.98 Å². The highest BCUT2D eigenvalue weighted by Crippen LogP contribution is 2.31. The lowest BCUT2D eigenvalue weighted by atomic mass is 10.1. The number of anilines is 1. The Hall–Kier alpha value is -2.92. The normalized spacial score (nSPS) is 11.0. The molecular weight excluding hydrogens is 344 g/mol. The van der Waals surface area contributed by atoms with Crippen LogP contribution in [0.2, 0.25) is 0 Å². The molecule has 3 aromatic carbocycles. The molecule has 0 fully saturated rings. The minimum absolute atomic E-state index is 0.0714. The van der Waals surface area contributed by atoms with E-state index >= 15 is 0 Å². The molecule has 0 aliphatic heterocycles. The fraction of sp³-hybridized carbons (Fsp3) is 0.143. The molecule has 4 rings (SSSR count). The summed E-state index contributed by atoms with van der Waals surface area (Å²) >= 11 is 1.50. The summed E-state index contributed by atoms with van der Waals surface area (Å²) in [7, 11) is 1.64. The third kappa shape index (κ3) is 3.13. The summed E-state index contributed by atoms with van der Waals surface area (Å²) < 4.78 is 6.33. The van der Waals surface area contributed by atoms with E-state index < -0.39 is 0 Å². The zero-order valence-electron chi connectivity index (χ0n) is 14.6. The lowest BCUT2D eigenvalue weighted by Crippen LogP contribution is -2.14. The van der Waals surface area contributed by atoms with Crippen LogP contribution >= 0.6 is 11.3 Å². The number of rotatable bonds is 4. The molecule has 4 aromatic rings. The van der Waals surface area contributed by atoms with Gasteiger partial charge < -0.3 is 10.1 Å². The standard InChI is InChI=1S/C21H18N2O2S/c1-13-11-14(7-9-17(13)25-2)12-19(24)22-21-23-20-16-6-4-3-5-15(16)8-10-18(20)26-21/h3-11H,12H2,1-2H3,(H,22,23,24). The number of benzene rings is 3. The average Bonchev–Trinajstić information content (AvgIpc) is 3.04. The van der Waals surface area contributed by atoms with Crippen LogP contribution in [-0.4, -0.2) is 18.0 Å². The van der Waals surface area contributed by atoms with Gasteiger partial charge in [-0.05, 0) is 35.6 Å². The van der Waals surface area contributed by atoms with Crippen molar-refractivity contribution in [3.63, 3.8) is 0 Å². The highest BCUT2D eigenvalue weighted by molar-refractivity contribution is 7.22. The molecule has 0 bridgehead atoms. The molecule has 0 saturated heterocycles. The lowest BCUT2D eigenvalue weighted by Gasteiger charge is -2.07. The molecule has 0 saturated carbocycles. The first-order chi connectivity index (χ1) is 12.6. The SMILES string of the molecule is COc1ccc(CC(=O)Nc2nc3c(ccc4ccccc43)s2)cc1C. The summed E-state index contributed by atoms with van der Waals surface area (Å²) in [5, 5.41) is 5.82. The van der Waals surface area contributed by atoms with Gasteiger partial charge in [-0.3, -0.25) is 4.79 Å². The Morgan fingerprint density at radius 2 is 2.00 bits per heavy atom. The summed E-state index contributed by atoms with van der Waals surface area (Å²) in [6, 6.07) is 18.1. The first-order valence-electron chi connectivity index (χ1n) is 8.36. The molecule has 1 amide bonds. The monoisotopic (exact) mass is 362 g/mol. The number of nitrogens with one attached hydrogen (secondary N) is 1. The number of nitrogens with zero attached hydrogens (tertiary/aromatic N) is 1. The molecule has 4 nitrogen and oxygen atoms in total. The summed E-state index contributed by atoms with van der Waals surface area (Å²) in [6.07, 6.45) is 0.307. The molecule has 0 spiro atoms. The molecule has 0 radical (unpaired) electrons. The fourth-order valence-corrected chi connectivity index (χ4v) is 4.01. The molecule has 26 heavy (non-hydrogen) atoms. The average molecular weight is 362 g/mol. The Morgan fingerprint density at radius 3 is 2.81 bits per heavy atom. The van der Waals surface area contributed by atoms with Crippen molar-refractivity contribution < 1.29 is 9.53 Å². The van der Waals surface area contributed by atoms with Crippen molar-refractivity contribution in [3.8, 4) is 5.75 Å². The smallest absolute Gasteiger partial charge is 0.230 e. The molecule has 5 heteroatoms. The molecule has 0 unspecified atom stereocenters. The van der Waals surface area contributed by atoms with Gasteiger partial charge in [0.15, 0.2) is 5.13 Å². The Kier molecular flexibility index (Phi) is 4.31. The summed E-state index contributed by atoms with van der Waals surface area (Å²) in [5.74, 6) is 0.755. The van der Waals surface area contributed by atoms with Crippen LogP contribution in [0.1, 0.15) is 11.1 Å². The number of hydrogen-bond acceptors (Lipinski definition) is 4. The van der Waals surface area contributed by atoms with E-state index in [0.29, 0.717) is 11.6 Å². The molecule has 1 heterocycles. The van der Waals surface area contributed by atoms with Crippen LogP contribution in [0.25, 0.3) is 21.0 Å². The van der Waals surface area contributed by atoms with Crippen LogP contribution in [0.5, 0.6) is 5.75 Å². The van der Waals surface area contributed by atoms with Gasteiger partial charge in [0.25, 0.3) is 0 Å². The van der Waals surface area contributed by atoms with Gasteiger partial charge in [0.05, 0.1) is 23.7 Å². The van der Waals surface area contributed by atoms with Crippen LogP contribution in [0.3, 0.4) is 0 Å². The Morgan fingerprint density at radius 1 is 1.15 bits per heavy atom. The van der Waals surface area contributed by atoms with Crippen LogP contribution in [0.4, 0.5) is 5.13 Å². The fourth-order valence-electron chi connectivity index (χ4n) is 3.11. The minimum atomic E-state index is -0.0714. The van der Waals surface area contributed by atoms with E-state index in [1.165, 1.54) is 11.3 Å². The molecule has 0 aliphatic carbocycles. The first-order valence-corrected chi connectivity index (χ1v) is 9.17. The van der Waals surface area contributed by atoms with Crippen molar-refractivity contribution in [3.05, 3.63) is 65.7 Å². The maximum Gasteiger partial charge on any atom is 0.230 e. The van der Waals surface area contributed by atoms with Crippen molar-refractivity contribution in [2.75, 3.05) is 12.4 Å². The maximum atomic E-state index is 12.4. The van der Waals surface area contributed by atoms with Gasteiger partial charge in [-0.2, -0.15) is 0 Å². The Balaban J connectivity index is 1.56. The van der Waals surface area contributed by atoms with Gasteiger partial charge in [-0.1, -0.05) is 53.8 Å². The number of carbonyl (C=O) groups excluding carboxylic acids is 1. The van der Waals surface area contributed by atoms with Crippen LogP contribution < -0.4 is 10.1 Å². The zero-order chi connectivity index (χ0) is 18.1. The van der Waals surface area contributed by atoms with Gasteiger partial charge >= 0.3 is 0 Å². The van der Waals surface area contributed by atoms with Gasteiger partial charge in [0.1, 0.15) is 5.75 Å². The third-order valence-corrected chi connectivity index (χ3v) is 5.29. The van der Waals surface area contributed by atoms with E-state index in [4.69, 9.17) is 4.74 Å². The predicted molar refractivity (Wildman–Crippen MR) is 107 cm³/mol. The number of carbonyl (C=O) groups is 1. The lowest BCUT2D eigenvalue weighted by molar-refractivity contribution is -0.115. The van der Waals surface area contributed by atoms with Crippen LogP contribution in [0, 0.1) is 6.92 Å². The third-order valence-electron chi connectivity index (χ3n) is 4.35. The second-order valence-corrected chi connectivity index (χ2v) is 7.21. The van der Waals surface area contributed by atoms with Crippen LogP contribution in [0.15, 0.2) is 54.6 Å². The molecule has 0 atom stereocenters. The number of methoxy groups -OCH3 is 1. The number of hydrogen-bond donors (Lipinski definition) is 1. The van der Waals surface area contributed by atoms with Gasteiger partial charge in [0.2, 0.25) is 5.91 Å². The summed E-state index contributed by atoms with van der Waals surface area (Å²) in [4.78, 5) is 17.0. The second kappa shape index (κ2) is 6.77. The van der Waals surface area contributed by atoms with E-state index in [0.717, 1.165) is 37.9 Å². The Bertz CT molecular complexity index is 1120. The minimum Gasteiger partial charge on any atom is -0.496 e. The second-order valence-electron chi connectivity index (χ2n) is 6.18. The van der Waals surface area contributed by atoms with Crippen molar-refractivity contribution in [2.24, 2.45) is 0 Å². The molecular formula is C21H18N2O2S. The van der Waals surface area contributed by atoms with Crippen LogP contribution in [-0.2, 0) is 11.2 Å². The predicted octanol–water partition coefficient (Wildman–Crippen LogP) is 4.95. The van der Waals surface area contributed by atoms with Gasteiger partial charge in [-0.15, -0.1) is 0 Å². The van der Waals surface area contributed by atoms with E-state index in [2.05, 4.69) is 34.6 Å². The highest BCUT2D eigenvalue weighted by Gasteiger charge is 2.11. The van der Waals surface area contributed by atoms with E-state index in [1.807, 2.05) is 37.3 Å². The molecule has 0 aliphatic rings. The topological polar surface area (TPSA) is 51.2 Å². The Labute approximate surface area is 155 Å². The van der Waals surface area contributed by atoms with Crippen molar-refractivity contribution in [2.45, 2.75) is 13.3 Å². The van der Waals surface area contributed by atoms with Crippen molar-refractivity contribution in [1.82, 2.24) is 4.98 Å². The van der Waals surface area contributed by atoms with E-state index in [1.54, 1.807) is 7.11 Å². The highest BCUT2D eigenvalue weighted by atomic mass is 32.1. The molecule has 130 valence electrons. The molecule has 1 N–H and O–H groups in total. The maximum absolute atomic E-state index is 12.4. The number of aryl methyl sites for hydroxylation is 1. The number of amides is 1. The van der Waals surface area contributed by atoms with Crippen molar-refractivity contribution in [1.29, 1.82) is 0 Å². The summed E-state index contributed by atoms with van der Waals surface area (Å²) in [6.45, 7) is 1.97. The molecule has 1 aromatic heterocycles. The number of fused-ring (bicyclic) bond motifs is 3. The quantitative estimate of drug-likeness (QED) is 0.559. The first kappa shape index (κ1) is 16.5. The summed E-state index contributed by atoms with van der Waals surface area (Å²) in [5.41, 5.74) is 2.90. The zero-order valence-corrected chi connectivity index (χ0v) is 15.4. The van der Waals surface area contributed by atoms with Gasteiger partial charge in [0, 0.05) is 5.39 Å². The number of thiazole rings is 1. The number of ether oxygens (including phenoxy) is 1. The van der Waals surface area contributed by atoms with E-state index in [-0.39, 0.29) is 5.91 Å².